The first kappa shape index (κ1) is 22.4. The Morgan fingerprint density at radius 1 is 1.26 bits per heavy atom. The normalized spacial score (nSPS) is 27.1. The number of ether oxygens (including phenoxy) is 2. The molecular weight excluding hydrogens is 466 g/mol. The van der Waals surface area contributed by atoms with Crippen molar-refractivity contribution in [2.75, 3.05) is 18.9 Å². The van der Waals surface area contributed by atoms with Crippen molar-refractivity contribution in [2.24, 2.45) is 16.8 Å². The van der Waals surface area contributed by atoms with Crippen molar-refractivity contribution in [3.63, 3.8) is 0 Å². The van der Waals surface area contributed by atoms with Gasteiger partial charge in [-0.3, -0.25) is 14.5 Å². The van der Waals surface area contributed by atoms with Crippen LogP contribution in [0.3, 0.4) is 0 Å². The lowest BCUT2D eigenvalue weighted by Gasteiger charge is -2.46. The van der Waals surface area contributed by atoms with E-state index in [9.17, 15) is 14.7 Å². The van der Waals surface area contributed by atoms with E-state index < -0.39 is 12.0 Å². The maximum atomic E-state index is 12.6. The lowest BCUT2D eigenvalue weighted by atomic mass is 9.78. The van der Waals surface area contributed by atoms with Crippen LogP contribution in [0.2, 0.25) is 0 Å². The van der Waals surface area contributed by atoms with Gasteiger partial charge in [-0.1, -0.05) is 49.0 Å². The summed E-state index contributed by atoms with van der Waals surface area (Å²) in [7, 11) is 0. The third kappa shape index (κ3) is 3.60. The summed E-state index contributed by atoms with van der Waals surface area (Å²) in [6, 6.07) is 12.1. The molecule has 182 valence electrons. The number of benzene rings is 2. The van der Waals surface area contributed by atoms with Gasteiger partial charge in [-0.05, 0) is 30.4 Å². The molecule has 9 heteroatoms. The van der Waals surface area contributed by atoms with Crippen LogP contribution in [0.5, 0.6) is 5.75 Å². The van der Waals surface area contributed by atoms with Crippen LogP contribution in [0, 0.1) is 11.8 Å². The summed E-state index contributed by atoms with van der Waals surface area (Å²) >= 11 is 1.81. The number of hydrogen-bond acceptors (Lipinski definition) is 8. The number of aliphatic hydroxyl groups is 1. The van der Waals surface area contributed by atoms with E-state index in [1.54, 1.807) is 6.92 Å². The zero-order valence-electron chi connectivity index (χ0n) is 19.6. The van der Waals surface area contributed by atoms with Crippen molar-refractivity contribution in [3.05, 3.63) is 53.4 Å². The molecule has 1 amide bonds. The Bertz CT molecular complexity index is 1270. The lowest BCUT2D eigenvalue weighted by Crippen LogP contribution is -2.63. The maximum Gasteiger partial charge on any atom is 0.299 e. The molecule has 4 aliphatic heterocycles. The maximum absolute atomic E-state index is 12.6. The number of aryl methyl sites for hydroxylation is 1. The number of β-lactam (4-membered cyclic amide) rings is 1. The molecule has 0 radical (unpaired) electrons. The van der Waals surface area contributed by atoms with Crippen molar-refractivity contribution >= 4 is 40.1 Å². The van der Waals surface area contributed by atoms with E-state index in [0.29, 0.717) is 12.6 Å². The van der Waals surface area contributed by atoms with E-state index in [1.807, 2.05) is 43.0 Å². The van der Waals surface area contributed by atoms with E-state index in [1.165, 1.54) is 10.5 Å². The largest absolute Gasteiger partial charge is 0.488 e. The van der Waals surface area contributed by atoms with E-state index in [4.69, 9.17) is 9.47 Å². The first-order valence-corrected chi connectivity index (χ1v) is 12.9. The van der Waals surface area contributed by atoms with Crippen LogP contribution in [-0.4, -0.2) is 69.7 Å². The minimum atomic E-state index is -0.766. The molecule has 35 heavy (non-hydrogen) atoms. The number of thioether (sulfide) groups is 1. The number of rotatable bonds is 9. The van der Waals surface area contributed by atoms with Crippen LogP contribution in [0.25, 0.3) is 10.8 Å². The summed E-state index contributed by atoms with van der Waals surface area (Å²) < 4.78 is 11.5. The molecule has 0 spiro atoms. The molecule has 4 heterocycles. The highest BCUT2D eigenvalue weighted by molar-refractivity contribution is 8.13. The first-order valence-electron chi connectivity index (χ1n) is 11.9. The molecule has 2 saturated heterocycles. The van der Waals surface area contributed by atoms with Gasteiger partial charge in [0.2, 0.25) is 11.8 Å². The standard InChI is InChI=1S/C26H27N3O5S/c1-14-19(25(34-13-30)29-23(14)22(15(2)31)24(29)32)12-33-20-8-4-6-17-16(5-3-7-18(17)20)9-10-35-26-27-21-11-28(21)26/h3-8,13-15,21-23,31H,9-12H2,1-2H3/t14-,15+,21?,22+,23+,28?/m0/s1. The van der Waals surface area contributed by atoms with E-state index in [-0.39, 0.29) is 30.4 Å². The predicted molar refractivity (Wildman–Crippen MR) is 133 cm³/mol. The molecule has 2 aromatic carbocycles. The van der Waals surface area contributed by atoms with Crippen LogP contribution in [0.4, 0.5) is 0 Å². The van der Waals surface area contributed by atoms with E-state index in [0.717, 1.165) is 46.0 Å². The summed E-state index contributed by atoms with van der Waals surface area (Å²) in [6.45, 7) is 5.20. The highest BCUT2D eigenvalue weighted by atomic mass is 32.2. The third-order valence-electron chi connectivity index (χ3n) is 7.47. The van der Waals surface area contributed by atoms with Crippen LogP contribution in [-0.2, 0) is 20.7 Å². The van der Waals surface area contributed by atoms with Crippen molar-refractivity contribution in [3.8, 4) is 5.75 Å². The Morgan fingerprint density at radius 3 is 2.77 bits per heavy atom. The van der Waals surface area contributed by atoms with Gasteiger partial charge < -0.3 is 19.5 Å². The summed E-state index contributed by atoms with van der Waals surface area (Å²) in [6.07, 6.45) is 0.632. The molecule has 5 atom stereocenters. The monoisotopic (exact) mass is 493 g/mol. The molecule has 1 N–H and O–H groups in total. The topological polar surface area (TPSA) is 91.4 Å². The fraction of sp³-hybridized carbons (Fsp3) is 0.423. The minimum Gasteiger partial charge on any atom is -0.488 e. The number of amides is 1. The summed E-state index contributed by atoms with van der Waals surface area (Å²) in [5.74, 6) is 1.13. The van der Waals surface area contributed by atoms with Gasteiger partial charge in [-0.2, -0.15) is 0 Å². The predicted octanol–water partition coefficient (Wildman–Crippen LogP) is 2.75. The quantitative estimate of drug-likeness (QED) is 0.326. The number of nitrogens with zero attached hydrogens (tertiary/aromatic N) is 3. The smallest absolute Gasteiger partial charge is 0.299 e. The average Bonchev–Trinajstić information content (AvgIpc) is 3.42. The molecule has 0 saturated carbocycles. The summed E-state index contributed by atoms with van der Waals surface area (Å²) in [5.41, 5.74) is 2.01. The molecule has 0 aliphatic carbocycles. The summed E-state index contributed by atoms with van der Waals surface area (Å²) in [4.78, 5) is 32.1. The van der Waals surface area contributed by atoms with Crippen LogP contribution < -0.4 is 4.74 Å². The number of aliphatic hydroxyl groups excluding tert-OH is 1. The van der Waals surface area contributed by atoms with Crippen molar-refractivity contribution < 1.29 is 24.2 Å². The number of hydrogen-bond donors (Lipinski definition) is 1. The fourth-order valence-electron chi connectivity index (χ4n) is 5.53. The zero-order chi connectivity index (χ0) is 24.3. The van der Waals surface area contributed by atoms with E-state index >= 15 is 0 Å². The number of carbonyl (C=O) groups is 2. The molecule has 1 unspecified atom stereocenters. The second kappa shape index (κ2) is 8.57. The molecule has 0 bridgehead atoms. The zero-order valence-corrected chi connectivity index (χ0v) is 20.4. The van der Waals surface area contributed by atoms with Crippen LogP contribution >= 0.6 is 11.8 Å². The van der Waals surface area contributed by atoms with Crippen LogP contribution in [0.15, 0.2) is 52.8 Å². The molecule has 0 aromatic heterocycles. The van der Waals surface area contributed by atoms with Gasteiger partial charge in [0.1, 0.15) is 18.5 Å². The van der Waals surface area contributed by atoms with Gasteiger partial charge in [0.15, 0.2) is 5.17 Å². The Labute approximate surface area is 207 Å². The average molecular weight is 494 g/mol. The number of amidine groups is 1. The van der Waals surface area contributed by atoms with Gasteiger partial charge in [0, 0.05) is 22.6 Å². The fourth-order valence-corrected chi connectivity index (χ4v) is 6.59. The van der Waals surface area contributed by atoms with Crippen LogP contribution in [0.1, 0.15) is 19.4 Å². The number of aliphatic imine (C=N–C) groups is 1. The van der Waals surface area contributed by atoms with Gasteiger partial charge >= 0.3 is 0 Å². The Balaban J connectivity index is 1.20. The van der Waals surface area contributed by atoms with Crippen molar-refractivity contribution in [1.82, 2.24) is 9.80 Å². The molecule has 2 aromatic rings. The van der Waals surface area contributed by atoms with Gasteiger partial charge in [0.25, 0.3) is 6.47 Å². The lowest BCUT2D eigenvalue weighted by molar-refractivity contribution is -0.164. The minimum absolute atomic E-state index is 0.0963. The Kier molecular flexibility index (Phi) is 5.49. The van der Waals surface area contributed by atoms with Gasteiger partial charge in [-0.25, -0.2) is 4.99 Å². The number of fused-ring (bicyclic) bond motifs is 3. The number of carbonyl (C=O) groups excluding carboxylic acids is 2. The molecule has 6 rings (SSSR count). The highest BCUT2D eigenvalue weighted by Crippen LogP contribution is 2.47. The second-order valence-corrected chi connectivity index (χ2v) is 10.6. The molecule has 2 fully saturated rings. The Hall–Kier alpha value is -3.04. The SMILES string of the molecule is C[C@@H](O)[C@H]1C(=O)N2C(OC=O)=C(COc3cccc4c(CCSC5=NC6CN56)cccc34)[C@H](C)[C@H]12. The van der Waals surface area contributed by atoms with Crippen molar-refractivity contribution in [2.45, 2.75) is 38.6 Å². The Morgan fingerprint density at radius 2 is 2.06 bits per heavy atom. The van der Waals surface area contributed by atoms with Gasteiger partial charge in [0.05, 0.1) is 24.6 Å². The highest BCUT2D eigenvalue weighted by Gasteiger charge is 2.59. The molecular formula is C26H27N3O5S. The summed E-state index contributed by atoms with van der Waals surface area (Å²) in [5, 5.41) is 13.4. The first-order chi connectivity index (χ1) is 17.0. The third-order valence-corrected chi connectivity index (χ3v) is 8.48. The molecule has 8 nitrogen and oxygen atoms in total. The van der Waals surface area contributed by atoms with Crippen molar-refractivity contribution in [1.29, 1.82) is 0 Å². The van der Waals surface area contributed by atoms with Gasteiger partial charge in [-0.15, -0.1) is 0 Å². The second-order valence-electron chi connectivity index (χ2n) is 9.50. The van der Waals surface area contributed by atoms with E-state index in [2.05, 4.69) is 22.0 Å². The molecule has 4 aliphatic rings.